The first kappa shape index (κ1) is 11.0. The number of hydrogen-bond donors (Lipinski definition) is 1. The number of ether oxygens (including phenoxy) is 2. The van der Waals surface area contributed by atoms with Crippen molar-refractivity contribution >= 4 is 0 Å². The maximum atomic E-state index is 9.65. The summed E-state index contributed by atoms with van der Waals surface area (Å²) in [6.07, 6.45) is 1.50. The van der Waals surface area contributed by atoms with Gasteiger partial charge >= 0.3 is 0 Å². The maximum absolute atomic E-state index is 9.65. The molecule has 1 heterocycles. The van der Waals surface area contributed by atoms with Gasteiger partial charge in [0, 0.05) is 6.42 Å². The highest BCUT2D eigenvalue weighted by Gasteiger charge is 2.29. The Balaban J connectivity index is 2.32. The van der Waals surface area contributed by atoms with E-state index in [1.807, 2.05) is 20.8 Å². The quantitative estimate of drug-likeness (QED) is 0.726. The van der Waals surface area contributed by atoms with E-state index >= 15 is 0 Å². The van der Waals surface area contributed by atoms with Crippen molar-refractivity contribution in [1.29, 1.82) is 0 Å². The van der Waals surface area contributed by atoms with E-state index in [2.05, 4.69) is 0 Å². The van der Waals surface area contributed by atoms with Gasteiger partial charge in [0.15, 0.2) is 0 Å². The van der Waals surface area contributed by atoms with Crippen LogP contribution >= 0.6 is 0 Å². The lowest BCUT2D eigenvalue weighted by Crippen LogP contribution is -2.42. The maximum Gasteiger partial charge on any atom is 0.0837 e. The Labute approximate surface area is 80.0 Å². The molecule has 1 rings (SSSR count). The van der Waals surface area contributed by atoms with Gasteiger partial charge in [-0.2, -0.15) is 0 Å². The SMILES string of the molecule is CC[C@H]1OC[C@H](OC(C)C)C[C@@H]1O. The lowest BCUT2D eigenvalue weighted by atomic mass is 10.0. The number of aliphatic hydroxyl groups is 1. The van der Waals surface area contributed by atoms with Crippen LogP contribution in [0, 0.1) is 0 Å². The molecule has 1 N–H and O–H groups in total. The zero-order chi connectivity index (χ0) is 9.84. The smallest absolute Gasteiger partial charge is 0.0837 e. The van der Waals surface area contributed by atoms with Crippen LogP contribution in [0.3, 0.4) is 0 Å². The van der Waals surface area contributed by atoms with Gasteiger partial charge in [-0.25, -0.2) is 0 Å². The minimum absolute atomic E-state index is 0.00649. The fourth-order valence-electron chi connectivity index (χ4n) is 1.70. The summed E-state index contributed by atoms with van der Waals surface area (Å²) in [5.74, 6) is 0. The van der Waals surface area contributed by atoms with Crippen LogP contribution < -0.4 is 0 Å². The normalized spacial score (nSPS) is 35.3. The summed E-state index contributed by atoms with van der Waals surface area (Å²) in [7, 11) is 0. The first-order chi connectivity index (χ1) is 6.13. The van der Waals surface area contributed by atoms with E-state index in [0.717, 1.165) is 6.42 Å². The van der Waals surface area contributed by atoms with Crippen molar-refractivity contribution in [3.63, 3.8) is 0 Å². The third kappa shape index (κ3) is 3.25. The van der Waals surface area contributed by atoms with Crippen molar-refractivity contribution in [1.82, 2.24) is 0 Å². The molecule has 0 bridgehead atoms. The first-order valence-corrected chi connectivity index (χ1v) is 5.08. The molecule has 1 saturated heterocycles. The van der Waals surface area contributed by atoms with Gasteiger partial charge in [0.05, 0.1) is 31.0 Å². The van der Waals surface area contributed by atoms with Gasteiger partial charge in [0.25, 0.3) is 0 Å². The second kappa shape index (κ2) is 4.94. The molecule has 0 saturated carbocycles. The molecule has 1 aliphatic rings. The van der Waals surface area contributed by atoms with Crippen LogP contribution in [0.2, 0.25) is 0 Å². The van der Waals surface area contributed by atoms with Crippen LogP contribution in [-0.2, 0) is 9.47 Å². The van der Waals surface area contributed by atoms with Crippen LogP contribution in [-0.4, -0.2) is 36.1 Å². The minimum Gasteiger partial charge on any atom is -0.390 e. The predicted octanol–water partition coefficient (Wildman–Crippen LogP) is 1.34. The Morgan fingerprint density at radius 3 is 2.69 bits per heavy atom. The largest absolute Gasteiger partial charge is 0.390 e. The standard InChI is InChI=1S/C10H20O3/c1-4-10-9(11)5-8(6-12-10)13-7(2)3/h7-11H,4-6H2,1-3H3/t8-,9+,10-/m1/s1. The molecule has 0 spiro atoms. The Morgan fingerprint density at radius 2 is 2.23 bits per heavy atom. The number of rotatable bonds is 3. The summed E-state index contributed by atoms with van der Waals surface area (Å²) in [6.45, 7) is 6.64. The summed E-state index contributed by atoms with van der Waals surface area (Å²) in [6, 6.07) is 0. The van der Waals surface area contributed by atoms with E-state index in [4.69, 9.17) is 9.47 Å². The van der Waals surface area contributed by atoms with E-state index in [0.29, 0.717) is 13.0 Å². The Bertz CT molecular complexity index is 147. The van der Waals surface area contributed by atoms with Crippen LogP contribution in [0.25, 0.3) is 0 Å². The molecule has 0 unspecified atom stereocenters. The molecule has 0 aromatic carbocycles. The fourth-order valence-corrected chi connectivity index (χ4v) is 1.70. The third-order valence-corrected chi connectivity index (χ3v) is 2.30. The highest BCUT2D eigenvalue weighted by molar-refractivity contribution is 4.78. The summed E-state index contributed by atoms with van der Waals surface area (Å²) in [4.78, 5) is 0. The van der Waals surface area contributed by atoms with E-state index in [9.17, 15) is 5.11 Å². The van der Waals surface area contributed by atoms with Gasteiger partial charge in [0.1, 0.15) is 0 Å². The van der Waals surface area contributed by atoms with Crippen molar-refractivity contribution in [3.05, 3.63) is 0 Å². The zero-order valence-electron chi connectivity index (χ0n) is 8.69. The van der Waals surface area contributed by atoms with Crippen molar-refractivity contribution in [2.24, 2.45) is 0 Å². The number of hydrogen-bond acceptors (Lipinski definition) is 3. The molecule has 78 valence electrons. The summed E-state index contributed by atoms with van der Waals surface area (Å²) < 4.78 is 11.0. The Morgan fingerprint density at radius 1 is 1.54 bits per heavy atom. The van der Waals surface area contributed by atoms with Gasteiger partial charge in [-0.3, -0.25) is 0 Å². The molecular formula is C10H20O3. The van der Waals surface area contributed by atoms with Crippen molar-refractivity contribution in [2.75, 3.05) is 6.61 Å². The summed E-state index contributed by atoms with van der Waals surface area (Å²) in [5.41, 5.74) is 0. The van der Waals surface area contributed by atoms with Crippen LogP contribution in [0.15, 0.2) is 0 Å². The van der Waals surface area contributed by atoms with Gasteiger partial charge in [0.2, 0.25) is 0 Å². The zero-order valence-corrected chi connectivity index (χ0v) is 8.69. The van der Waals surface area contributed by atoms with Crippen molar-refractivity contribution in [3.8, 4) is 0 Å². The molecule has 3 atom stereocenters. The molecular weight excluding hydrogens is 168 g/mol. The Hall–Kier alpha value is -0.120. The molecule has 13 heavy (non-hydrogen) atoms. The van der Waals surface area contributed by atoms with E-state index in [1.54, 1.807) is 0 Å². The highest BCUT2D eigenvalue weighted by atomic mass is 16.6. The summed E-state index contributed by atoms with van der Waals surface area (Å²) in [5, 5.41) is 9.65. The molecule has 3 nitrogen and oxygen atoms in total. The van der Waals surface area contributed by atoms with E-state index in [-0.39, 0.29) is 24.4 Å². The molecule has 0 radical (unpaired) electrons. The summed E-state index contributed by atoms with van der Waals surface area (Å²) >= 11 is 0. The molecule has 3 heteroatoms. The van der Waals surface area contributed by atoms with Crippen molar-refractivity contribution in [2.45, 2.75) is 58.0 Å². The van der Waals surface area contributed by atoms with Gasteiger partial charge < -0.3 is 14.6 Å². The lowest BCUT2D eigenvalue weighted by molar-refractivity contribution is -0.151. The molecule has 0 aliphatic carbocycles. The van der Waals surface area contributed by atoms with Crippen molar-refractivity contribution < 1.29 is 14.6 Å². The molecule has 1 fully saturated rings. The average molecular weight is 188 g/mol. The topological polar surface area (TPSA) is 38.7 Å². The lowest BCUT2D eigenvalue weighted by Gasteiger charge is -2.33. The molecule has 0 aromatic rings. The molecule has 0 aromatic heterocycles. The fraction of sp³-hybridized carbons (Fsp3) is 1.00. The monoisotopic (exact) mass is 188 g/mol. The Kier molecular flexibility index (Phi) is 4.16. The van der Waals surface area contributed by atoms with Gasteiger partial charge in [-0.05, 0) is 20.3 Å². The van der Waals surface area contributed by atoms with Crippen LogP contribution in [0.1, 0.15) is 33.6 Å². The minimum atomic E-state index is -0.359. The van der Waals surface area contributed by atoms with E-state index in [1.165, 1.54) is 0 Å². The van der Waals surface area contributed by atoms with Gasteiger partial charge in [-0.1, -0.05) is 6.92 Å². The molecule has 1 aliphatic heterocycles. The van der Waals surface area contributed by atoms with E-state index < -0.39 is 0 Å². The van der Waals surface area contributed by atoms with Crippen LogP contribution in [0.5, 0.6) is 0 Å². The third-order valence-electron chi connectivity index (χ3n) is 2.30. The number of aliphatic hydroxyl groups excluding tert-OH is 1. The second-order valence-corrected chi connectivity index (χ2v) is 3.89. The molecule has 0 amide bonds. The average Bonchev–Trinajstić information content (AvgIpc) is 2.03. The van der Waals surface area contributed by atoms with Crippen LogP contribution in [0.4, 0.5) is 0 Å². The van der Waals surface area contributed by atoms with Gasteiger partial charge in [-0.15, -0.1) is 0 Å². The highest BCUT2D eigenvalue weighted by Crippen LogP contribution is 2.19. The predicted molar refractivity (Wildman–Crippen MR) is 50.7 cm³/mol. The first-order valence-electron chi connectivity index (χ1n) is 5.08. The second-order valence-electron chi connectivity index (χ2n) is 3.89.